The molecule has 1 N–H and O–H groups in total. The topological polar surface area (TPSA) is 99.0 Å². The van der Waals surface area contributed by atoms with Gasteiger partial charge in [-0.2, -0.15) is 4.98 Å². The van der Waals surface area contributed by atoms with Crippen LogP contribution in [-0.4, -0.2) is 54.5 Å². The third-order valence-corrected chi connectivity index (χ3v) is 5.05. The van der Waals surface area contributed by atoms with Gasteiger partial charge in [0.25, 0.3) is 5.89 Å². The second kappa shape index (κ2) is 7.67. The summed E-state index contributed by atoms with van der Waals surface area (Å²) < 4.78 is 21.4. The first kappa shape index (κ1) is 18.5. The van der Waals surface area contributed by atoms with Gasteiger partial charge in [-0.1, -0.05) is 12.1 Å². The Morgan fingerprint density at radius 2 is 2.14 bits per heavy atom. The molecule has 9 heteroatoms. The number of ether oxygens (including phenoxy) is 3. The molecule has 2 aliphatic heterocycles. The Hall–Kier alpha value is -2.81. The molecule has 2 amide bonds. The SMILES string of the molecule is COCc1nc(C2(C)CCCN(C(=O)Nc3ccc4c(c3)OCCO4)C2)no1. The van der Waals surface area contributed by atoms with Crippen LogP contribution >= 0.6 is 0 Å². The molecular weight excluding hydrogens is 364 g/mol. The molecule has 4 rings (SSSR count). The van der Waals surface area contributed by atoms with E-state index in [1.807, 2.05) is 6.07 Å². The molecule has 3 heterocycles. The van der Waals surface area contributed by atoms with E-state index in [0.29, 0.717) is 55.2 Å². The lowest BCUT2D eigenvalue weighted by Gasteiger charge is -2.38. The molecule has 1 fully saturated rings. The van der Waals surface area contributed by atoms with Gasteiger partial charge < -0.3 is 29.0 Å². The number of nitrogens with zero attached hydrogens (tertiary/aromatic N) is 3. The van der Waals surface area contributed by atoms with Gasteiger partial charge in [0, 0.05) is 37.4 Å². The number of fused-ring (bicyclic) bond motifs is 1. The number of hydrogen-bond acceptors (Lipinski definition) is 7. The van der Waals surface area contributed by atoms with Crippen molar-refractivity contribution < 1.29 is 23.5 Å². The Morgan fingerprint density at radius 3 is 2.96 bits per heavy atom. The van der Waals surface area contributed by atoms with Crippen molar-refractivity contribution in [3.8, 4) is 11.5 Å². The van der Waals surface area contributed by atoms with Crippen LogP contribution in [0.3, 0.4) is 0 Å². The number of benzene rings is 1. The molecule has 0 spiro atoms. The molecule has 0 aliphatic carbocycles. The molecule has 9 nitrogen and oxygen atoms in total. The number of amides is 2. The first-order valence-corrected chi connectivity index (χ1v) is 9.35. The quantitative estimate of drug-likeness (QED) is 0.859. The molecule has 1 saturated heterocycles. The predicted octanol–water partition coefficient (Wildman–Crippen LogP) is 2.57. The number of carbonyl (C=O) groups excluding carboxylic acids is 1. The van der Waals surface area contributed by atoms with E-state index in [1.165, 1.54) is 0 Å². The highest BCUT2D eigenvalue weighted by Crippen LogP contribution is 2.34. The molecule has 0 bridgehead atoms. The summed E-state index contributed by atoms with van der Waals surface area (Å²) in [6.45, 7) is 4.55. The lowest BCUT2D eigenvalue weighted by Crippen LogP contribution is -2.49. The van der Waals surface area contributed by atoms with Crippen molar-refractivity contribution in [2.75, 3.05) is 38.7 Å². The number of rotatable bonds is 4. The number of piperidine rings is 1. The van der Waals surface area contributed by atoms with Crippen LogP contribution in [0.1, 0.15) is 31.5 Å². The van der Waals surface area contributed by atoms with Gasteiger partial charge in [-0.25, -0.2) is 4.79 Å². The highest BCUT2D eigenvalue weighted by atomic mass is 16.6. The minimum absolute atomic E-state index is 0.164. The normalized spacial score (nSPS) is 21.4. The molecule has 150 valence electrons. The fourth-order valence-corrected chi connectivity index (χ4v) is 3.60. The largest absolute Gasteiger partial charge is 0.486 e. The van der Waals surface area contributed by atoms with Crippen molar-refractivity contribution in [3.63, 3.8) is 0 Å². The smallest absolute Gasteiger partial charge is 0.321 e. The van der Waals surface area contributed by atoms with Crippen molar-refractivity contribution in [3.05, 3.63) is 29.9 Å². The Kier molecular flexibility index (Phi) is 5.08. The maximum absolute atomic E-state index is 12.8. The number of aromatic nitrogens is 2. The van der Waals surface area contributed by atoms with Crippen LogP contribution in [-0.2, 0) is 16.8 Å². The average Bonchev–Trinajstić information content (AvgIpc) is 3.18. The van der Waals surface area contributed by atoms with Crippen LogP contribution in [0.5, 0.6) is 11.5 Å². The summed E-state index contributed by atoms with van der Waals surface area (Å²) in [4.78, 5) is 19.0. The summed E-state index contributed by atoms with van der Waals surface area (Å²) in [5, 5.41) is 7.04. The highest BCUT2D eigenvalue weighted by Gasteiger charge is 2.38. The Bertz CT molecular complexity index is 855. The second-order valence-corrected chi connectivity index (χ2v) is 7.32. The monoisotopic (exact) mass is 388 g/mol. The van der Waals surface area contributed by atoms with Gasteiger partial charge in [0.2, 0.25) is 0 Å². The van der Waals surface area contributed by atoms with E-state index in [-0.39, 0.29) is 18.1 Å². The van der Waals surface area contributed by atoms with Crippen LogP contribution in [0, 0.1) is 0 Å². The first-order valence-electron chi connectivity index (χ1n) is 9.35. The zero-order valence-corrected chi connectivity index (χ0v) is 16.1. The van der Waals surface area contributed by atoms with Gasteiger partial charge in [-0.15, -0.1) is 0 Å². The van der Waals surface area contributed by atoms with Crippen molar-refractivity contribution in [2.45, 2.75) is 31.8 Å². The van der Waals surface area contributed by atoms with Gasteiger partial charge in [0.05, 0.1) is 0 Å². The van der Waals surface area contributed by atoms with E-state index in [2.05, 4.69) is 22.4 Å². The third kappa shape index (κ3) is 3.75. The first-order chi connectivity index (χ1) is 13.6. The van der Waals surface area contributed by atoms with E-state index < -0.39 is 0 Å². The predicted molar refractivity (Wildman–Crippen MR) is 99.6 cm³/mol. The van der Waals surface area contributed by atoms with E-state index in [4.69, 9.17) is 18.7 Å². The average molecular weight is 388 g/mol. The van der Waals surface area contributed by atoms with Crippen LogP contribution in [0.25, 0.3) is 0 Å². The Labute approximate surface area is 162 Å². The van der Waals surface area contributed by atoms with Crippen molar-refractivity contribution in [2.24, 2.45) is 0 Å². The van der Waals surface area contributed by atoms with Crippen LogP contribution < -0.4 is 14.8 Å². The number of methoxy groups -OCH3 is 1. The zero-order chi connectivity index (χ0) is 19.6. The van der Waals surface area contributed by atoms with Gasteiger partial charge in [0.1, 0.15) is 19.8 Å². The zero-order valence-electron chi connectivity index (χ0n) is 16.1. The summed E-state index contributed by atoms with van der Waals surface area (Å²) >= 11 is 0. The number of likely N-dealkylation sites (tertiary alicyclic amines) is 1. The summed E-state index contributed by atoms with van der Waals surface area (Å²) in [6.07, 6.45) is 1.74. The molecule has 2 aromatic rings. The molecule has 0 saturated carbocycles. The number of carbonyl (C=O) groups is 1. The minimum atomic E-state index is -0.363. The number of anilines is 1. The molecule has 2 aliphatic rings. The molecule has 1 aromatic carbocycles. The standard InChI is InChI=1S/C19H24N4O5/c1-19(17-21-16(11-25-2)28-22-17)6-3-7-23(12-19)18(24)20-13-4-5-14-15(10-13)27-9-8-26-14/h4-5,10H,3,6-9,11-12H2,1-2H3,(H,20,24). The molecule has 1 atom stereocenters. The molecule has 0 radical (unpaired) electrons. The van der Waals surface area contributed by atoms with Crippen molar-refractivity contribution in [1.29, 1.82) is 0 Å². The Morgan fingerprint density at radius 1 is 1.32 bits per heavy atom. The molecular formula is C19H24N4O5. The van der Waals surface area contributed by atoms with Gasteiger partial charge >= 0.3 is 6.03 Å². The number of urea groups is 1. The maximum atomic E-state index is 12.8. The summed E-state index contributed by atoms with van der Waals surface area (Å²) in [7, 11) is 1.58. The second-order valence-electron chi connectivity index (χ2n) is 7.32. The lowest BCUT2D eigenvalue weighted by atomic mass is 9.81. The number of nitrogens with one attached hydrogen (secondary N) is 1. The van der Waals surface area contributed by atoms with Crippen LogP contribution in [0.15, 0.2) is 22.7 Å². The summed E-state index contributed by atoms with van der Waals surface area (Å²) in [5.74, 6) is 2.39. The van der Waals surface area contributed by atoms with Crippen molar-refractivity contribution >= 4 is 11.7 Å². The van der Waals surface area contributed by atoms with Crippen molar-refractivity contribution in [1.82, 2.24) is 15.0 Å². The molecule has 1 aromatic heterocycles. The maximum Gasteiger partial charge on any atom is 0.321 e. The van der Waals surface area contributed by atoms with Crippen LogP contribution in [0.4, 0.5) is 10.5 Å². The summed E-state index contributed by atoms with van der Waals surface area (Å²) in [5.41, 5.74) is 0.307. The fraction of sp³-hybridized carbons (Fsp3) is 0.526. The fourth-order valence-electron chi connectivity index (χ4n) is 3.60. The highest BCUT2D eigenvalue weighted by molar-refractivity contribution is 5.90. The third-order valence-electron chi connectivity index (χ3n) is 5.05. The van der Waals surface area contributed by atoms with Gasteiger partial charge in [0.15, 0.2) is 17.3 Å². The van der Waals surface area contributed by atoms with E-state index >= 15 is 0 Å². The van der Waals surface area contributed by atoms with E-state index in [1.54, 1.807) is 24.1 Å². The molecule has 1 unspecified atom stereocenters. The van der Waals surface area contributed by atoms with Gasteiger partial charge in [-0.3, -0.25) is 0 Å². The van der Waals surface area contributed by atoms with Gasteiger partial charge in [-0.05, 0) is 25.0 Å². The lowest BCUT2D eigenvalue weighted by molar-refractivity contribution is 0.150. The summed E-state index contributed by atoms with van der Waals surface area (Å²) in [6, 6.07) is 5.24. The minimum Gasteiger partial charge on any atom is -0.486 e. The molecule has 28 heavy (non-hydrogen) atoms. The van der Waals surface area contributed by atoms with E-state index in [0.717, 1.165) is 12.8 Å². The van der Waals surface area contributed by atoms with E-state index in [9.17, 15) is 4.79 Å². The van der Waals surface area contributed by atoms with Crippen LogP contribution in [0.2, 0.25) is 0 Å². The number of hydrogen-bond donors (Lipinski definition) is 1. The Balaban J connectivity index is 1.44.